The predicted octanol–water partition coefficient (Wildman–Crippen LogP) is 5.76. The topological polar surface area (TPSA) is 12.9 Å². The van der Waals surface area contributed by atoms with Crippen LogP contribution >= 0.6 is 0 Å². The predicted molar refractivity (Wildman–Crippen MR) is 89.3 cm³/mol. The molecule has 23 heavy (non-hydrogen) atoms. The van der Waals surface area contributed by atoms with Crippen molar-refractivity contribution >= 4 is 10.8 Å². The standard InChI is InChI=1S/C20H19FN.Pt/c1-20(2,3)19(21)17-13-15-11-7-8-12-16(15)18(22-17)14-9-5-4-6-10-14;/h4-9,11-13,19H,1-3H3;/q-1;. The second-order valence-electron chi connectivity index (χ2n) is 6.62. The van der Waals surface area contributed by atoms with Crippen LogP contribution in [0.1, 0.15) is 32.6 Å². The number of hydrogen-bond acceptors (Lipinski definition) is 1. The minimum atomic E-state index is -1.11. The van der Waals surface area contributed by atoms with Gasteiger partial charge in [0.05, 0.1) is 5.69 Å². The molecule has 0 aliphatic rings. The molecule has 0 bridgehead atoms. The normalized spacial score (nSPS) is 12.7. The number of nitrogens with zero attached hydrogens (tertiary/aromatic N) is 1. The summed E-state index contributed by atoms with van der Waals surface area (Å²) in [6.07, 6.45) is -1.11. The fraction of sp³-hybridized carbons (Fsp3) is 0.250. The van der Waals surface area contributed by atoms with E-state index in [1.165, 1.54) is 0 Å². The molecule has 2 aromatic carbocycles. The van der Waals surface area contributed by atoms with E-state index >= 15 is 0 Å². The minimum Gasteiger partial charge on any atom is -0.298 e. The van der Waals surface area contributed by atoms with Crippen molar-refractivity contribution in [2.45, 2.75) is 26.9 Å². The van der Waals surface area contributed by atoms with E-state index in [0.29, 0.717) is 5.69 Å². The molecule has 0 saturated carbocycles. The Morgan fingerprint density at radius 1 is 1.04 bits per heavy atom. The summed E-state index contributed by atoms with van der Waals surface area (Å²) in [6, 6.07) is 20.7. The van der Waals surface area contributed by atoms with Gasteiger partial charge in [0, 0.05) is 21.1 Å². The summed E-state index contributed by atoms with van der Waals surface area (Å²) in [5, 5.41) is 2.03. The monoisotopic (exact) mass is 487 g/mol. The summed E-state index contributed by atoms with van der Waals surface area (Å²) in [4.78, 5) is 4.63. The summed E-state index contributed by atoms with van der Waals surface area (Å²) in [5.41, 5.74) is 1.69. The molecule has 0 saturated heterocycles. The fourth-order valence-electron chi connectivity index (χ4n) is 2.54. The van der Waals surface area contributed by atoms with Gasteiger partial charge in [0.2, 0.25) is 0 Å². The second kappa shape index (κ2) is 6.93. The number of benzene rings is 2. The van der Waals surface area contributed by atoms with E-state index in [1.54, 1.807) is 0 Å². The van der Waals surface area contributed by atoms with Crippen LogP contribution in [0.2, 0.25) is 0 Å². The first kappa shape index (κ1) is 17.8. The quantitative estimate of drug-likeness (QED) is 0.419. The van der Waals surface area contributed by atoms with Gasteiger partial charge in [0.15, 0.2) is 0 Å². The van der Waals surface area contributed by atoms with Gasteiger partial charge in [-0.15, -0.1) is 35.9 Å². The molecule has 3 heteroatoms. The average molecular weight is 487 g/mol. The van der Waals surface area contributed by atoms with E-state index < -0.39 is 11.6 Å². The number of fused-ring (bicyclic) bond motifs is 1. The Labute approximate surface area is 151 Å². The van der Waals surface area contributed by atoms with Crippen molar-refractivity contribution in [1.29, 1.82) is 0 Å². The largest absolute Gasteiger partial charge is 0.298 e. The maximum absolute atomic E-state index is 14.8. The molecule has 1 aromatic heterocycles. The summed E-state index contributed by atoms with van der Waals surface area (Å²) >= 11 is 0. The molecule has 3 rings (SSSR count). The summed E-state index contributed by atoms with van der Waals surface area (Å²) in [6.45, 7) is 5.68. The van der Waals surface area contributed by atoms with E-state index in [0.717, 1.165) is 22.0 Å². The molecule has 0 radical (unpaired) electrons. The number of aromatic nitrogens is 1. The van der Waals surface area contributed by atoms with Gasteiger partial charge in [0.25, 0.3) is 0 Å². The van der Waals surface area contributed by atoms with Crippen LogP contribution < -0.4 is 0 Å². The van der Waals surface area contributed by atoms with Crippen LogP contribution in [-0.2, 0) is 21.1 Å². The van der Waals surface area contributed by atoms with Crippen molar-refractivity contribution < 1.29 is 25.5 Å². The number of hydrogen-bond donors (Lipinski definition) is 0. The van der Waals surface area contributed by atoms with Crippen molar-refractivity contribution in [3.63, 3.8) is 0 Å². The third kappa shape index (κ3) is 3.69. The van der Waals surface area contributed by atoms with Crippen LogP contribution in [0.5, 0.6) is 0 Å². The van der Waals surface area contributed by atoms with Crippen molar-refractivity contribution in [3.05, 3.63) is 66.4 Å². The molecule has 0 N–H and O–H groups in total. The van der Waals surface area contributed by atoms with E-state index in [9.17, 15) is 4.39 Å². The molecular weight excluding hydrogens is 468 g/mol. The van der Waals surface area contributed by atoms with E-state index in [-0.39, 0.29) is 21.1 Å². The Morgan fingerprint density at radius 2 is 1.74 bits per heavy atom. The average Bonchev–Trinajstić information content (AvgIpc) is 2.53. The zero-order valence-electron chi connectivity index (χ0n) is 13.4. The fourth-order valence-corrected chi connectivity index (χ4v) is 2.54. The SMILES string of the molecule is CC(C)(C)C(F)c1cc2ccccc2c(-c2[c-]cccc2)n1.[Pt]. The molecule has 0 amide bonds. The van der Waals surface area contributed by atoms with Crippen LogP contribution in [0.4, 0.5) is 4.39 Å². The van der Waals surface area contributed by atoms with Crippen LogP contribution in [-0.4, -0.2) is 4.98 Å². The molecule has 0 aliphatic heterocycles. The minimum absolute atomic E-state index is 0. The molecule has 1 heterocycles. The molecule has 0 aliphatic carbocycles. The summed E-state index contributed by atoms with van der Waals surface area (Å²) in [7, 11) is 0. The molecule has 1 atom stereocenters. The van der Waals surface area contributed by atoms with Crippen molar-refractivity contribution in [3.8, 4) is 11.3 Å². The Morgan fingerprint density at radius 3 is 2.39 bits per heavy atom. The summed E-state index contributed by atoms with van der Waals surface area (Å²) < 4.78 is 14.8. The molecular formula is C20H19FNPt-. The molecule has 3 aromatic rings. The zero-order chi connectivity index (χ0) is 15.7. The molecule has 0 fully saturated rings. The third-order valence-electron chi connectivity index (χ3n) is 3.74. The third-order valence-corrected chi connectivity index (χ3v) is 3.74. The van der Waals surface area contributed by atoms with Gasteiger partial charge in [-0.1, -0.05) is 45.0 Å². The van der Waals surface area contributed by atoms with Gasteiger partial charge in [0.1, 0.15) is 6.17 Å². The van der Waals surface area contributed by atoms with Gasteiger partial charge >= 0.3 is 0 Å². The Kier molecular flexibility index (Phi) is 5.36. The van der Waals surface area contributed by atoms with E-state index in [2.05, 4.69) is 11.1 Å². The van der Waals surface area contributed by atoms with Crippen LogP contribution in [0.15, 0.2) is 54.6 Å². The Balaban J connectivity index is 0.00000192. The Hall–Kier alpha value is -1.53. The first-order valence-electron chi connectivity index (χ1n) is 7.47. The van der Waals surface area contributed by atoms with Gasteiger partial charge in [-0.2, -0.15) is 0 Å². The van der Waals surface area contributed by atoms with Gasteiger partial charge in [-0.3, -0.25) is 4.98 Å². The van der Waals surface area contributed by atoms with Crippen molar-refractivity contribution in [2.24, 2.45) is 5.41 Å². The summed E-state index contributed by atoms with van der Waals surface area (Å²) in [5.74, 6) is 0. The van der Waals surface area contributed by atoms with E-state index in [1.807, 2.05) is 75.4 Å². The zero-order valence-corrected chi connectivity index (χ0v) is 15.7. The first-order valence-corrected chi connectivity index (χ1v) is 7.47. The molecule has 1 nitrogen and oxygen atoms in total. The van der Waals surface area contributed by atoms with Gasteiger partial charge in [-0.05, 0) is 27.9 Å². The number of pyridine rings is 1. The maximum atomic E-state index is 14.8. The van der Waals surface area contributed by atoms with Gasteiger partial charge in [-0.25, -0.2) is 4.39 Å². The first-order chi connectivity index (χ1) is 10.5. The van der Waals surface area contributed by atoms with E-state index in [4.69, 9.17) is 0 Å². The second-order valence-corrected chi connectivity index (χ2v) is 6.62. The van der Waals surface area contributed by atoms with Crippen molar-refractivity contribution in [1.82, 2.24) is 4.98 Å². The molecule has 1 unspecified atom stereocenters. The van der Waals surface area contributed by atoms with Crippen LogP contribution in [0.25, 0.3) is 22.0 Å². The number of halogens is 1. The molecule has 0 spiro atoms. The number of rotatable bonds is 2. The smallest absolute Gasteiger partial charge is 0.146 e. The molecule has 122 valence electrons. The maximum Gasteiger partial charge on any atom is 0.146 e. The van der Waals surface area contributed by atoms with Crippen LogP contribution in [0.3, 0.4) is 0 Å². The Bertz CT molecular complexity index is 794. The van der Waals surface area contributed by atoms with Crippen molar-refractivity contribution in [2.75, 3.05) is 0 Å². The number of alkyl halides is 1. The van der Waals surface area contributed by atoms with Gasteiger partial charge < -0.3 is 0 Å². The van der Waals surface area contributed by atoms with Crippen LogP contribution in [0, 0.1) is 11.5 Å².